The zero-order valence-electron chi connectivity index (χ0n) is 9.57. The molecule has 2 atom stereocenters. The van der Waals surface area contributed by atoms with Crippen LogP contribution >= 0.6 is 0 Å². The highest BCUT2D eigenvalue weighted by Crippen LogP contribution is 2.32. The largest absolute Gasteiger partial charge is 0.480 e. The van der Waals surface area contributed by atoms with Crippen LogP contribution in [0.1, 0.15) is 12.8 Å². The van der Waals surface area contributed by atoms with Gasteiger partial charge in [-0.2, -0.15) is 8.78 Å². The highest BCUT2D eigenvalue weighted by Gasteiger charge is 2.52. The minimum atomic E-state index is -3.43. The molecule has 18 heavy (non-hydrogen) atoms. The van der Waals surface area contributed by atoms with Crippen molar-refractivity contribution in [2.75, 3.05) is 19.6 Å². The van der Waals surface area contributed by atoms with E-state index in [9.17, 15) is 18.4 Å². The van der Waals surface area contributed by atoms with E-state index in [4.69, 9.17) is 10.8 Å². The number of carboxylic acid groups (broad SMARTS) is 1. The summed E-state index contributed by atoms with van der Waals surface area (Å²) in [5.74, 6) is -6.06. The van der Waals surface area contributed by atoms with Crippen LogP contribution in [0, 0.1) is 0 Å². The van der Waals surface area contributed by atoms with Gasteiger partial charge >= 0.3 is 17.9 Å². The molecule has 2 rings (SSSR count). The summed E-state index contributed by atoms with van der Waals surface area (Å²) >= 11 is 0. The summed E-state index contributed by atoms with van der Waals surface area (Å²) in [6.45, 7) is 0.554. The van der Waals surface area contributed by atoms with Gasteiger partial charge in [-0.15, -0.1) is 0 Å². The number of aliphatic carboxylic acids is 1. The van der Waals surface area contributed by atoms with Crippen molar-refractivity contribution >= 4 is 11.9 Å². The van der Waals surface area contributed by atoms with E-state index in [2.05, 4.69) is 4.74 Å². The number of rotatable bonds is 3. The van der Waals surface area contributed by atoms with Gasteiger partial charge in [-0.25, -0.2) is 4.79 Å². The molecular formula is C10H14F2N2O4. The molecule has 102 valence electrons. The molecule has 0 amide bonds. The van der Waals surface area contributed by atoms with Crippen molar-refractivity contribution < 1.29 is 28.2 Å². The summed E-state index contributed by atoms with van der Waals surface area (Å²) in [6, 6.07) is 0. The first-order valence-corrected chi connectivity index (χ1v) is 5.56. The molecule has 0 aromatic carbocycles. The van der Waals surface area contributed by atoms with E-state index >= 15 is 0 Å². The molecule has 3 N–H and O–H groups in total. The molecule has 2 saturated heterocycles. The lowest BCUT2D eigenvalue weighted by Crippen LogP contribution is -2.50. The average Bonchev–Trinajstić information content (AvgIpc) is 2.71. The van der Waals surface area contributed by atoms with Gasteiger partial charge in [0.15, 0.2) is 0 Å². The van der Waals surface area contributed by atoms with E-state index in [1.54, 1.807) is 4.90 Å². The number of halogens is 2. The van der Waals surface area contributed by atoms with Crippen molar-refractivity contribution in [1.29, 1.82) is 0 Å². The van der Waals surface area contributed by atoms with Crippen LogP contribution in [0.4, 0.5) is 8.78 Å². The molecule has 6 nitrogen and oxygen atoms in total. The fourth-order valence-corrected chi connectivity index (χ4v) is 2.28. The SMILES string of the molecule is NC1(C(=O)O)CCN(CC2CC(F)(F)C(=O)O2)C1. The maximum absolute atomic E-state index is 12.9. The number of carbonyl (C=O) groups excluding carboxylic acids is 1. The summed E-state index contributed by atoms with van der Waals surface area (Å²) in [5, 5.41) is 8.92. The van der Waals surface area contributed by atoms with E-state index in [1.807, 2.05) is 0 Å². The molecule has 0 radical (unpaired) electrons. The van der Waals surface area contributed by atoms with Crippen molar-refractivity contribution in [1.82, 2.24) is 4.90 Å². The zero-order chi connectivity index (χ0) is 13.6. The predicted octanol–water partition coefficient (Wildman–Crippen LogP) is -0.575. The van der Waals surface area contributed by atoms with Gasteiger partial charge in [-0.3, -0.25) is 9.69 Å². The van der Waals surface area contributed by atoms with Gasteiger partial charge in [0, 0.05) is 19.6 Å². The van der Waals surface area contributed by atoms with Crippen LogP contribution in [0.15, 0.2) is 0 Å². The number of nitrogens with zero attached hydrogens (tertiary/aromatic N) is 1. The van der Waals surface area contributed by atoms with Gasteiger partial charge in [0.05, 0.1) is 6.42 Å². The third-order valence-electron chi connectivity index (χ3n) is 3.32. The molecule has 0 saturated carbocycles. The van der Waals surface area contributed by atoms with E-state index < -0.39 is 35.9 Å². The molecule has 2 fully saturated rings. The van der Waals surface area contributed by atoms with Gasteiger partial charge in [0.25, 0.3) is 0 Å². The molecule has 8 heteroatoms. The number of ether oxygens (including phenoxy) is 1. The van der Waals surface area contributed by atoms with Crippen molar-refractivity contribution in [2.45, 2.75) is 30.4 Å². The molecular weight excluding hydrogens is 250 g/mol. The number of cyclic esters (lactones) is 1. The van der Waals surface area contributed by atoms with Crippen molar-refractivity contribution in [2.24, 2.45) is 5.73 Å². The minimum absolute atomic E-state index is 0.0714. The Bertz CT molecular complexity index is 390. The van der Waals surface area contributed by atoms with Gasteiger partial charge in [0.2, 0.25) is 0 Å². The fourth-order valence-electron chi connectivity index (χ4n) is 2.28. The fraction of sp³-hybridized carbons (Fsp3) is 0.800. The van der Waals surface area contributed by atoms with E-state index in [0.29, 0.717) is 6.54 Å². The minimum Gasteiger partial charge on any atom is -0.480 e. The zero-order valence-corrected chi connectivity index (χ0v) is 9.57. The second-order valence-corrected chi connectivity index (χ2v) is 4.88. The number of hydrogen-bond donors (Lipinski definition) is 2. The van der Waals surface area contributed by atoms with Gasteiger partial charge in [-0.05, 0) is 6.42 Å². The van der Waals surface area contributed by atoms with Crippen molar-refractivity contribution in [3.8, 4) is 0 Å². The van der Waals surface area contributed by atoms with E-state index in [-0.39, 0.29) is 19.5 Å². The lowest BCUT2D eigenvalue weighted by Gasteiger charge is -2.21. The first-order valence-electron chi connectivity index (χ1n) is 5.56. The Kier molecular flexibility index (Phi) is 3.02. The van der Waals surface area contributed by atoms with Gasteiger partial charge < -0.3 is 15.6 Å². The summed E-state index contributed by atoms with van der Waals surface area (Å²) in [4.78, 5) is 23.3. The number of carboxylic acids is 1. The van der Waals surface area contributed by atoms with Crippen LogP contribution < -0.4 is 5.73 Å². The Labute approximate surface area is 102 Å². The Hall–Kier alpha value is -1.28. The topological polar surface area (TPSA) is 92.9 Å². The van der Waals surface area contributed by atoms with Crippen LogP contribution in [0.2, 0.25) is 0 Å². The average molecular weight is 264 g/mol. The molecule has 2 aliphatic heterocycles. The summed E-state index contributed by atoms with van der Waals surface area (Å²) in [7, 11) is 0. The first kappa shape index (κ1) is 13.2. The van der Waals surface area contributed by atoms with Crippen LogP contribution in [0.5, 0.6) is 0 Å². The summed E-state index contributed by atoms with van der Waals surface area (Å²) < 4.78 is 30.4. The van der Waals surface area contributed by atoms with Crippen LogP contribution in [0.3, 0.4) is 0 Å². The lowest BCUT2D eigenvalue weighted by atomic mass is 10.0. The molecule has 2 heterocycles. The van der Waals surface area contributed by atoms with Crippen LogP contribution in [-0.2, 0) is 14.3 Å². The highest BCUT2D eigenvalue weighted by molar-refractivity contribution is 5.80. The first-order chi connectivity index (χ1) is 8.23. The third kappa shape index (κ3) is 2.30. The Balaban J connectivity index is 1.90. The molecule has 0 aromatic heterocycles. The van der Waals surface area contributed by atoms with E-state index in [1.165, 1.54) is 0 Å². The summed E-state index contributed by atoms with van der Waals surface area (Å²) in [5.41, 5.74) is 4.31. The lowest BCUT2D eigenvalue weighted by molar-refractivity contribution is -0.159. The van der Waals surface area contributed by atoms with Gasteiger partial charge in [0.1, 0.15) is 11.6 Å². The molecule has 2 aliphatic rings. The Morgan fingerprint density at radius 3 is 2.72 bits per heavy atom. The normalized spacial score (nSPS) is 35.7. The monoisotopic (exact) mass is 264 g/mol. The second-order valence-electron chi connectivity index (χ2n) is 4.88. The van der Waals surface area contributed by atoms with Crippen molar-refractivity contribution in [3.05, 3.63) is 0 Å². The molecule has 0 spiro atoms. The van der Waals surface area contributed by atoms with Gasteiger partial charge in [-0.1, -0.05) is 0 Å². The Morgan fingerprint density at radius 1 is 1.61 bits per heavy atom. The van der Waals surface area contributed by atoms with Crippen molar-refractivity contribution in [3.63, 3.8) is 0 Å². The Morgan fingerprint density at radius 2 is 2.28 bits per heavy atom. The molecule has 0 aliphatic carbocycles. The summed E-state index contributed by atoms with van der Waals surface area (Å²) in [6.07, 6.45) is -1.31. The predicted molar refractivity (Wildman–Crippen MR) is 55.1 cm³/mol. The molecule has 0 aromatic rings. The third-order valence-corrected chi connectivity index (χ3v) is 3.32. The maximum atomic E-state index is 12.9. The molecule has 0 bridgehead atoms. The smallest absolute Gasteiger partial charge is 0.377 e. The number of nitrogens with two attached hydrogens (primary N) is 1. The number of esters is 1. The number of likely N-dealkylation sites (tertiary alicyclic amines) is 1. The maximum Gasteiger partial charge on any atom is 0.377 e. The molecule has 2 unspecified atom stereocenters. The highest BCUT2D eigenvalue weighted by atomic mass is 19.3. The number of hydrogen-bond acceptors (Lipinski definition) is 5. The van der Waals surface area contributed by atoms with Crippen LogP contribution in [0.25, 0.3) is 0 Å². The number of alkyl halides is 2. The quantitative estimate of drug-likeness (QED) is 0.663. The standard InChI is InChI=1S/C10H14F2N2O4/c11-10(12)3-6(18-8(10)17)4-14-2-1-9(13,5-14)7(15)16/h6H,1-5,13H2,(H,15,16). The second kappa shape index (κ2) is 4.13. The van der Waals surface area contributed by atoms with E-state index in [0.717, 1.165) is 0 Å². The number of carbonyl (C=O) groups is 2. The van der Waals surface area contributed by atoms with Crippen LogP contribution in [-0.4, -0.2) is 59.1 Å².